The summed E-state index contributed by atoms with van der Waals surface area (Å²) in [6.07, 6.45) is -0.530. The van der Waals surface area contributed by atoms with Crippen LogP contribution in [-0.2, 0) is 9.59 Å². The molecule has 1 unspecified atom stereocenters. The fourth-order valence-electron chi connectivity index (χ4n) is 3.20. The number of carboxylic acid groups (broad SMARTS) is 1. The van der Waals surface area contributed by atoms with Gasteiger partial charge in [-0.15, -0.1) is 11.3 Å². The maximum Gasteiger partial charge on any atom is 0.335 e. The Morgan fingerprint density at radius 2 is 1.81 bits per heavy atom. The van der Waals surface area contributed by atoms with Gasteiger partial charge in [-0.05, 0) is 65.0 Å². The molecule has 2 amide bonds. The van der Waals surface area contributed by atoms with Gasteiger partial charge in [0.2, 0.25) is 0 Å². The lowest BCUT2D eigenvalue weighted by Gasteiger charge is -2.17. The summed E-state index contributed by atoms with van der Waals surface area (Å²) < 4.78 is 41.5. The number of alkyl halides is 1. The highest BCUT2D eigenvalue weighted by molar-refractivity contribution is 8.26. The molecule has 0 aliphatic carbocycles. The Morgan fingerprint density at radius 1 is 1.08 bits per heavy atom. The maximum atomic E-state index is 14.7. The third-order valence-corrected chi connectivity index (χ3v) is 7.30. The number of thiocarbonyl (C=S) groups is 1. The number of halogens is 3. The summed E-state index contributed by atoms with van der Waals surface area (Å²) in [5.41, 5.74) is 1.32. The topological polar surface area (TPSA) is 86.7 Å². The molecule has 2 N–H and O–H groups in total. The number of nitrogens with one attached hydrogen (secondary N) is 1. The molecule has 1 aliphatic rings. The molecule has 4 rings (SSSR count). The fourth-order valence-corrected chi connectivity index (χ4v) is 5.39. The van der Waals surface area contributed by atoms with Gasteiger partial charge >= 0.3 is 5.97 Å². The summed E-state index contributed by atoms with van der Waals surface area (Å²) >= 11 is 7.43. The van der Waals surface area contributed by atoms with Crippen LogP contribution in [0.2, 0.25) is 0 Å². The summed E-state index contributed by atoms with van der Waals surface area (Å²) in [6, 6.07) is 10.4. The second-order valence-corrected chi connectivity index (χ2v) is 10.1. The highest BCUT2D eigenvalue weighted by atomic mass is 32.2. The average Bonchev–Trinajstić information content (AvgIpc) is 3.41. The van der Waals surface area contributed by atoms with Crippen LogP contribution in [0.1, 0.15) is 15.2 Å². The highest BCUT2D eigenvalue weighted by Gasteiger charge is 2.35. The van der Waals surface area contributed by atoms with Crippen molar-refractivity contribution in [3.63, 3.8) is 0 Å². The lowest BCUT2D eigenvalue weighted by Crippen LogP contribution is -2.39. The van der Waals surface area contributed by atoms with Gasteiger partial charge in [-0.2, -0.15) is 0 Å². The Labute approximate surface area is 216 Å². The van der Waals surface area contributed by atoms with E-state index in [2.05, 4.69) is 5.32 Å². The lowest BCUT2D eigenvalue weighted by atomic mass is 10.1. The number of amides is 2. The zero-order valence-electron chi connectivity index (χ0n) is 18.0. The molecule has 0 radical (unpaired) electrons. The van der Waals surface area contributed by atoms with Crippen LogP contribution >= 0.6 is 35.3 Å². The molecular formula is C24H15F3N2O4S3. The molecule has 1 fully saturated rings. The molecule has 6 nitrogen and oxygen atoms in total. The van der Waals surface area contributed by atoms with Crippen molar-refractivity contribution in [3.05, 3.63) is 80.9 Å². The average molecular weight is 549 g/mol. The van der Waals surface area contributed by atoms with Gasteiger partial charge in [0.05, 0.1) is 17.0 Å². The van der Waals surface area contributed by atoms with E-state index in [0.717, 1.165) is 28.8 Å². The third kappa shape index (κ3) is 5.66. The van der Waals surface area contributed by atoms with Gasteiger partial charge in [-0.1, -0.05) is 30.0 Å². The van der Waals surface area contributed by atoms with Crippen molar-refractivity contribution in [2.45, 2.75) is 6.17 Å². The Morgan fingerprint density at radius 3 is 2.47 bits per heavy atom. The van der Waals surface area contributed by atoms with E-state index in [1.807, 2.05) is 0 Å². The number of thiophene rings is 1. The van der Waals surface area contributed by atoms with Crippen LogP contribution in [-0.4, -0.2) is 44.8 Å². The molecule has 0 saturated carbocycles. The molecule has 0 spiro atoms. The first-order valence-corrected chi connectivity index (χ1v) is 12.3. The number of hydrogen-bond donors (Lipinski definition) is 2. The van der Waals surface area contributed by atoms with Crippen LogP contribution in [0, 0.1) is 11.6 Å². The molecule has 2 heterocycles. The third-order valence-electron chi connectivity index (χ3n) is 5.05. The summed E-state index contributed by atoms with van der Waals surface area (Å²) in [6.45, 7) is -0.592. The van der Waals surface area contributed by atoms with Gasteiger partial charge in [0.1, 0.15) is 4.32 Å². The van der Waals surface area contributed by atoms with Crippen LogP contribution in [0.4, 0.5) is 18.9 Å². The fraction of sp³-hybridized carbons (Fsp3) is 0.0833. The molecule has 3 aromatic rings. The summed E-state index contributed by atoms with van der Waals surface area (Å²) in [5, 5.41) is 13.0. The second kappa shape index (κ2) is 10.6. The van der Waals surface area contributed by atoms with Crippen molar-refractivity contribution in [1.29, 1.82) is 0 Å². The van der Waals surface area contributed by atoms with Gasteiger partial charge < -0.3 is 10.4 Å². The van der Waals surface area contributed by atoms with Crippen LogP contribution in [0.25, 0.3) is 17.2 Å². The van der Waals surface area contributed by atoms with E-state index in [1.54, 1.807) is 17.5 Å². The number of aromatic carboxylic acids is 1. The quantitative estimate of drug-likeness (QED) is 0.297. The van der Waals surface area contributed by atoms with Crippen LogP contribution in [0.3, 0.4) is 0 Å². The van der Waals surface area contributed by atoms with E-state index in [9.17, 15) is 27.6 Å². The first kappa shape index (κ1) is 25.6. The lowest BCUT2D eigenvalue weighted by molar-refractivity contribution is -0.125. The van der Waals surface area contributed by atoms with Crippen molar-refractivity contribution in [2.24, 2.45) is 0 Å². The number of nitrogens with zero attached hydrogens (tertiary/aromatic N) is 1. The largest absolute Gasteiger partial charge is 0.478 e. The summed E-state index contributed by atoms with van der Waals surface area (Å²) in [5.74, 6) is -4.63. The van der Waals surface area contributed by atoms with E-state index in [4.69, 9.17) is 17.3 Å². The predicted octanol–water partition coefficient (Wildman–Crippen LogP) is 5.57. The van der Waals surface area contributed by atoms with Crippen LogP contribution in [0.15, 0.2) is 58.8 Å². The smallest absolute Gasteiger partial charge is 0.335 e. The number of hydrogen-bond acceptors (Lipinski definition) is 6. The normalized spacial score (nSPS) is 15.4. The van der Waals surface area contributed by atoms with Gasteiger partial charge in [0.15, 0.2) is 17.8 Å². The Bertz CT molecular complexity index is 1410. The molecular weight excluding hydrogens is 533 g/mol. The van der Waals surface area contributed by atoms with E-state index < -0.39 is 42.1 Å². The minimum absolute atomic E-state index is 0.0110. The van der Waals surface area contributed by atoms with Gasteiger partial charge in [-0.25, -0.2) is 18.0 Å². The number of carbonyl (C=O) groups excluding carboxylic acids is 2. The van der Waals surface area contributed by atoms with E-state index >= 15 is 0 Å². The van der Waals surface area contributed by atoms with Gasteiger partial charge in [0.25, 0.3) is 11.8 Å². The molecule has 12 heteroatoms. The van der Waals surface area contributed by atoms with Crippen LogP contribution < -0.4 is 5.32 Å². The Hall–Kier alpha value is -3.48. The number of anilines is 1. The molecule has 1 atom stereocenters. The zero-order valence-corrected chi connectivity index (χ0v) is 20.5. The maximum absolute atomic E-state index is 14.7. The highest BCUT2D eigenvalue weighted by Crippen LogP contribution is 2.35. The number of rotatable bonds is 7. The first-order valence-electron chi connectivity index (χ1n) is 10.2. The molecule has 1 aliphatic heterocycles. The number of carboxylic acids is 1. The summed E-state index contributed by atoms with van der Waals surface area (Å²) in [7, 11) is 0. The number of carbonyl (C=O) groups is 3. The van der Waals surface area contributed by atoms with Crippen molar-refractivity contribution in [3.8, 4) is 11.1 Å². The Kier molecular flexibility index (Phi) is 7.57. The molecule has 1 saturated heterocycles. The van der Waals surface area contributed by atoms with Crippen molar-refractivity contribution < 1.29 is 32.7 Å². The van der Waals surface area contributed by atoms with Gasteiger partial charge in [0, 0.05) is 10.6 Å². The zero-order chi connectivity index (χ0) is 26.0. The molecule has 36 heavy (non-hydrogen) atoms. The van der Waals surface area contributed by atoms with E-state index in [0.29, 0.717) is 16.0 Å². The number of thioether (sulfide) groups is 1. The van der Waals surface area contributed by atoms with Crippen molar-refractivity contribution >= 4 is 69.2 Å². The molecule has 1 aromatic heterocycles. The predicted molar refractivity (Wildman–Crippen MR) is 136 cm³/mol. The molecule has 184 valence electrons. The molecule has 0 bridgehead atoms. The minimum atomic E-state index is -2.09. The monoisotopic (exact) mass is 548 g/mol. The van der Waals surface area contributed by atoms with Crippen LogP contribution in [0.5, 0.6) is 0 Å². The van der Waals surface area contributed by atoms with Crippen molar-refractivity contribution in [1.82, 2.24) is 4.90 Å². The standard InChI is InChI=1S/C24H15F3N2O4S3/c25-17-6-3-13(8-18(17)26)14-7-16(35-11-14)9-20-22(31)29(24(34)36-20)10-19(27)21(30)28-15-4-1-12(2-5-15)23(32)33/h1-9,11,19H,10H2,(H,28,30)(H,32,33)/b20-9-. The van der Waals surface area contributed by atoms with E-state index in [1.165, 1.54) is 41.7 Å². The summed E-state index contributed by atoms with van der Waals surface area (Å²) in [4.78, 5) is 37.8. The van der Waals surface area contributed by atoms with Crippen molar-refractivity contribution in [2.75, 3.05) is 11.9 Å². The number of benzene rings is 2. The second-order valence-electron chi connectivity index (χ2n) is 7.50. The Balaban J connectivity index is 1.41. The van der Waals surface area contributed by atoms with E-state index in [-0.39, 0.29) is 20.5 Å². The van der Waals surface area contributed by atoms with Gasteiger partial charge in [-0.3, -0.25) is 14.5 Å². The minimum Gasteiger partial charge on any atom is -0.478 e. The first-order chi connectivity index (χ1) is 17.1. The SMILES string of the molecule is O=C(O)c1ccc(NC(=O)C(F)CN2C(=O)/C(=C/c3cc(-c4ccc(F)c(F)c4)cs3)SC2=S)cc1. The molecule has 2 aromatic carbocycles.